The average Bonchev–Trinajstić information content (AvgIpc) is 3.29. The summed E-state index contributed by atoms with van der Waals surface area (Å²) >= 11 is 6.59. The molecule has 0 spiro atoms. The third kappa shape index (κ3) is 4.94. The van der Waals surface area contributed by atoms with Crippen LogP contribution in [0.5, 0.6) is 11.5 Å². The first-order chi connectivity index (χ1) is 16.9. The first kappa shape index (κ1) is 24.5. The van der Waals surface area contributed by atoms with Crippen molar-refractivity contribution in [1.29, 1.82) is 0 Å². The molecule has 0 saturated carbocycles. The van der Waals surface area contributed by atoms with Gasteiger partial charge in [-0.3, -0.25) is 14.2 Å². The molecule has 1 amide bonds. The van der Waals surface area contributed by atoms with Crippen LogP contribution in [0.3, 0.4) is 0 Å². The number of carbonyl (C=O) groups excluding carboxylic acids is 1. The summed E-state index contributed by atoms with van der Waals surface area (Å²) in [5, 5.41) is 6.97. The lowest BCUT2D eigenvalue weighted by molar-refractivity contribution is -0.117. The fourth-order valence-corrected chi connectivity index (χ4v) is 4.17. The number of ether oxygens (including phenoxy) is 3. The Balaban J connectivity index is 1.71. The number of aryl methyl sites for hydroxylation is 1. The van der Waals surface area contributed by atoms with Gasteiger partial charge in [0.2, 0.25) is 11.9 Å². The number of rotatable bonds is 8. The van der Waals surface area contributed by atoms with Crippen molar-refractivity contribution in [2.45, 2.75) is 19.0 Å². The van der Waals surface area contributed by atoms with Gasteiger partial charge in [0, 0.05) is 35.8 Å². The number of halogens is 1. The van der Waals surface area contributed by atoms with E-state index in [1.54, 1.807) is 31.4 Å². The van der Waals surface area contributed by atoms with Crippen molar-refractivity contribution in [1.82, 2.24) is 19.9 Å². The summed E-state index contributed by atoms with van der Waals surface area (Å²) < 4.78 is 17.9. The summed E-state index contributed by atoms with van der Waals surface area (Å²) in [6.07, 6.45) is 2.83. The maximum atomic E-state index is 13.3. The van der Waals surface area contributed by atoms with Crippen LogP contribution in [0.4, 0.5) is 5.95 Å². The van der Waals surface area contributed by atoms with E-state index in [9.17, 15) is 9.59 Å². The molecular formula is C24H26ClN5O5. The maximum absolute atomic E-state index is 13.3. The summed E-state index contributed by atoms with van der Waals surface area (Å²) in [6.45, 7) is 6.46. The van der Waals surface area contributed by atoms with Gasteiger partial charge in [0.15, 0.2) is 0 Å². The van der Waals surface area contributed by atoms with Crippen LogP contribution >= 0.6 is 11.6 Å². The Morgan fingerprint density at radius 2 is 2.09 bits per heavy atom. The van der Waals surface area contributed by atoms with Crippen LogP contribution in [0.1, 0.15) is 6.92 Å². The Hall–Kier alpha value is -3.63. The monoisotopic (exact) mass is 499 g/mol. The molecule has 2 atom stereocenters. The summed E-state index contributed by atoms with van der Waals surface area (Å²) in [6, 6.07) is 4.58. The van der Waals surface area contributed by atoms with E-state index in [-0.39, 0.29) is 23.6 Å². The van der Waals surface area contributed by atoms with Gasteiger partial charge in [-0.05, 0) is 25.1 Å². The van der Waals surface area contributed by atoms with Crippen molar-refractivity contribution in [2.24, 2.45) is 7.05 Å². The predicted octanol–water partition coefficient (Wildman–Crippen LogP) is 2.54. The number of carbonyl (C=O) groups is 1. The molecule has 0 unspecified atom stereocenters. The molecule has 184 valence electrons. The number of amides is 1. The molecule has 2 N–H and O–H groups in total. The van der Waals surface area contributed by atoms with E-state index >= 15 is 0 Å². The maximum Gasteiger partial charge on any atom is 0.259 e. The minimum absolute atomic E-state index is 0.236. The smallest absolute Gasteiger partial charge is 0.259 e. The minimum atomic E-state index is -0.292. The van der Waals surface area contributed by atoms with E-state index in [0.29, 0.717) is 64.5 Å². The van der Waals surface area contributed by atoms with Crippen molar-refractivity contribution in [3.05, 3.63) is 52.4 Å². The van der Waals surface area contributed by atoms with Crippen molar-refractivity contribution in [3.8, 4) is 22.6 Å². The van der Waals surface area contributed by atoms with Crippen LogP contribution < -0.4 is 25.7 Å². The SMILES string of the molecule is C=CC(=O)N[C@H]1COC[C@H]1Nc1ncc2cc(-c3cc(OC)cc(OCC)c3Cl)c(=O)n(C)c2n1. The summed E-state index contributed by atoms with van der Waals surface area (Å²) in [4.78, 5) is 34.0. The largest absolute Gasteiger partial charge is 0.497 e. The molecule has 1 aliphatic heterocycles. The molecule has 0 bridgehead atoms. The van der Waals surface area contributed by atoms with Crippen LogP contribution in [0.25, 0.3) is 22.2 Å². The molecular weight excluding hydrogens is 474 g/mol. The van der Waals surface area contributed by atoms with E-state index in [0.717, 1.165) is 0 Å². The van der Waals surface area contributed by atoms with Crippen molar-refractivity contribution in [3.63, 3.8) is 0 Å². The van der Waals surface area contributed by atoms with Crippen LogP contribution in [0.2, 0.25) is 5.02 Å². The highest BCUT2D eigenvalue weighted by Crippen LogP contribution is 2.38. The number of anilines is 1. The lowest BCUT2D eigenvalue weighted by Crippen LogP contribution is -2.45. The van der Waals surface area contributed by atoms with Gasteiger partial charge in [0.1, 0.15) is 17.1 Å². The Kier molecular flexibility index (Phi) is 7.23. The Morgan fingerprint density at radius 1 is 1.31 bits per heavy atom. The Labute approximate surface area is 206 Å². The second-order valence-corrected chi connectivity index (χ2v) is 8.30. The zero-order valence-corrected chi connectivity index (χ0v) is 20.4. The van der Waals surface area contributed by atoms with Gasteiger partial charge in [-0.25, -0.2) is 4.98 Å². The number of aromatic nitrogens is 3. The van der Waals surface area contributed by atoms with Gasteiger partial charge >= 0.3 is 0 Å². The number of benzene rings is 1. The van der Waals surface area contributed by atoms with Gasteiger partial charge in [-0.2, -0.15) is 4.98 Å². The molecule has 1 fully saturated rings. The second-order valence-electron chi connectivity index (χ2n) is 7.92. The quantitative estimate of drug-likeness (QED) is 0.454. The summed E-state index contributed by atoms with van der Waals surface area (Å²) in [5.74, 6) is 0.970. The molecule has 1 saturated heterocycles. The van der Waals surface area contributed by atoms with E-state index in [1.165, 1.54) is 17.8 Å². The van der Waals surface area contributed by atoms with Gasteiger partial charge < -0.3 is 24.8 Å². The topological polar surface area (TPSA) is 117 Å². The highest BCUT2D eigenvalue weighted by molar-refractivity contribution is 6.35. The normalized spacial score (nSPS) is 17.3. The third-order valence-corrected chi connectivity index (χ3v) is 6.08. The third-order valence-electron chi connectivity index (χ3n) is 5.70. The number of fused-ring (bicyclic) bond motifs is 1. The van der Waals surface area contributed by atoms with Gasteiger partial charge in [0.25, 0.3) is 5.56 Å². The van der Waals surface area contributed by atoms with Crippen LogP contribution in [0.15, 0.2) is 41.8 Å². The predicted molar refractivity (Wildman–Crippen MR) is 133 cm³/mol. The Bertz CT molecular complexity index is 1340. The fourth-order valence-electron chi connectivity index (χ4n) is 3.90. The molecule has 11 heteroatoms. The number of hydrogen-bond acceptors (Lipinski definition) is 8. The van der Waals surface area contributed by atoms with Crippen molar-refractivity contribution >= 4 is 34.5 Å². The highest BCUT2D eigenvalue weighted by atomic mass is 35.5. The molecule has 1 aromatic carbocycles. The van der Waals surface area contributed by atoms with E-state index < -0.39 is 0 Å². The van der Waals surface area contributed by atoms with E-state index in [1.807, 2.05) is 6.92 Å². The van der Waals surface area contributed by atoms with E-state index in [4.69, 9.17) is 25.8 Å². The zero-order chi connectivity index (χ0) is 25.1. The number of hydrogen-bond donors (Lipinski definition) is 2. The van der Waals surface area contributed by atoms with Gasteiger partial charge in [-0.15, -0.1) is 0 Å². The summed E-state index contributed by atoms with van der Waals surface area (Å²) in [5.41, 5.74) is 1.000. The standard InChI is InChI=1S/C24H26ClN5O5/c1-5-20(31)27-17-11-34-12-18(17)28-24-26-10-13-7-16(23(32)30(3)22(13)29-24)15-8-14(33-4)9-19(21(15)25)35-6-2/h5,7-10,17-18H,1,6,11-12H2,2-4H3,(H,27,31)(H,26,28,29)/t17-,18+/m0/s1. The molecule has 10 nitrogen and oxygen atoms in total. The van der Waals surface area contributed by atoms with Crippen LogP contribution in [-0.4, -0.2) is 59.5 Å². The lowest BCUT2D eigenvalue weighted by atomic mass is 10.0. The molecule has 2 aromatic heterocycles. The molecule has 0 radical (unpaired) electrons. The number of pyridine rings is 1. The fraction of sp³-hybridized carbons (Fsp3) is 0.333. The number of nitrogens with zero attached hydrogens (tertiary/aromatic N) is 3. The second kappa shape index (κ2) is 10.3. The molecule has 4 rings (SSSR count). The molecule has 35 heavy (non-hydrogen) atoms. The van der Waals surface area contributed by atoms with Crippen molar-refractivity contribution < 1.29 is 19.0 Å². The zero-order valence-electron chi connectivity index (χ0n) is 19.6. The van der Waals surface area contributed by atoms with Gasteiger partial charge in [-0.1, -0.05) is 18.2 Å². The van der Waals surface area contributed by atoms with E-state index in [2.05, 4.69) is 27.2 Å². The molecule has 3 heterocycles. The van der Waals surface area contributed by atoms with Crippen LogP contribution in [-0.2, 0) is 16.6 Å². The lowest BCUT2D eigenvalue weighted by Gasteiger charge is -2.20. The average molecular weight is 500 g/mol. The molecule has 1 aliphatic rings. The number of nitrogens with one attached hydrogen (secondary N) is 2. The number of methoxy groups -OCH3 is 1. The van der Waals surface area contributed by atoms with Gasteiger partial charge in [0.05, 0.1) is 44.0 Å². The van der Waals surface area contributed by atoms with Crippen LogP contribution in [0, 0.1) is 0 Å². The highest BCUT2D eigenvalue weighted by Gasteiger charge is 2.30. The molecule has 0 aliphatic carbocycles. The minimum Gasteiger partial charge on any atom is -0.497 e. The molecule has 3 aromatic rings. The van der Waals surface area contributed by atoms with Crippen molar-refractivity contribution in [2.75, 3.05) is 32.2 Å². The first-order valence-corrected chi connectivity index (χ1v) is 11.4. The first-order valence-electron chi connectivity index (χ1n) is 11.0. The summed E-state index contributed by atoms with van der Waals surface area (Å²) in [7, 11) is 3.17. The Morgan fingerprint density at radius 3 is 2.80 bits per heavy atom.